The predicted octanol–water partition coefficient (Wildman–Crippen LogP) is 4.22. The lowest BCUT2D eigenvalue weighted by Gasteiger charge is -2.18. The number of benzene rings is 2. The molecule has 0 aromatic heterocycles. The Hall–Kier alpha value is -2.40. The number of nitrogens with one attached hydrogen (secondary N) is 2. The lowest BCUT2D eigenvalue weighted by molar-refractivity contribution is 0.0526. The van der Waals surface area contributed by atoms with Gasteiger partial charge in [0.15, 0.2) is 5.11 Å². The van der Waals surface area contributed by atoms with Crippen LogP contribution in [-0.4, -0.2) is 17.7 Å². The van der Waals surface area contributed by atoms with Crippen LogP contribution in [0.5, 0.6) is 0 Å². The van der Waals surface area contributed by atoms with Crippen LogP contribution in [0.2, 0.25) is 0 Å². The van der Waals surface area contributed by atoms with E-state index in [1.807, 2.05) is 31.2 Å². The van der Waals surface area contributed by atoms with Crippen LogP contribution in [0.4, 0.5) is 5.69 Å². The van der Waals surface area contributed by atoms with E-state index in [0.29, 0.717) is 17.3 Å². The molecular weight excluding hydrogens is 320 g/mol. The predicted molar refractivity (Wildman–Crippen MR) is 101 cm³/mol. The van der Waals surface area contributed by atoms with Gasteiger partial charge in [-0.3, -0.25) is 0 Å². The fourth-order valence-electron chi connectivity index (χ4n) is 2.33. The van der Waals surface area contributed by atoms with E-state index in [2.05, 4.69) is 29.7 Å². The maximum Gasteiger partial charge on any atom is 0.338 e. The Labute approximate surface area is 148 Å². The van der Waals surface area contributed by atoms with Gasteiger partial charge in [-0.25, -0.2) is 4.79 Å². The van der Waals surface area contributed by atoms with Crippen molar-refractivity contribution < 1.29 is 9.53 Å². The molecule has 0 radical (unpaired) electrons. The number of ether oxygens (including phenoxy) is 1. The molecule has 0 aliphatic carbocycles. The van der Waals surface area contributed by atoms with E-state index in [-0.39, 0.29) is 12.0 Å². The van der Waals surface area contributed by atoms with Crippen molar-refractivity contribution in [3.63, 3.8) is 0 Å². The van der Waals surface area contributed by atoms with Crippen LogP contribution >= 0.6 is 12.2 Å². The number of thiocarbonyl (C=S) groups is 1. The average Bonchev–Trinajstić information content (AvgIpc) is 2.57. The van der Waals surface area contributed by atoms with Gasteiger partial charge in [-0.2, -0.15) is 0 Å². The highest BCUT2D eigenvalue weighted by molar-refractivity contribution is 7.80. The molecule has 0 saturated heterocycles. The molecule has 0 bridgehead atoms. The second-order valence-electron chi connectivity index (χ2n) is 5.48. The van der Waals surface area contributed by atoms with Gasteiger partial charge in [0.25, 0.3) is 0 Å². The molecule has 2 aromatic carbocycles. The summed E-state index contributed by atoms with van der Waals surface area (Å²) in [4.78, 5) is 11.8. The first-order chi connectivity index (χ1) is 11.5. The molecular formula is C19H22N2O2S. The molecule has 0 unspecified atom stereocenters. The molecule has 0 heterocycles. The average molecular weight is 342 g/mol. The SMILES string of the molecule is CCOC(=O)c1ccc(NC(=S)N[C@H](C)c2ccccc2)c(C)c1. The van der Waals surface area contributed by atoms with E-state index in [1.54, 1.807) is 19.1 Å². The lowest BCUT2D eigenvalue weighted by atomic mass is 10.1. The number of rotatable bonds is 5. The summed E-state index contributed by atoms with van der Waals surface area (Å²) in [6.07, 6.45) is 0. The zero-order chi connectivity index (χ0) is 17.5. The molecule has 0 fully saturated rings. The first kappa shape index (κ1) is 17.9. The Kier molecular flexibility index (Phi) is 6.32. The van der Waals surface area contributed by atoms with Gasteiger partial charge in [-0.1, -0.05) is 30.3 Å². The highest BCUT2D eigenvalue weighted by Gasteiger charge is 2.10. The van der Waals surface area contributed by atoms with Crippen LogP contribution in [0, 0.1) is 6.92 Å². The Balaban J connectivity index is 2.00. The minimum atomic E-state index is -0.314. The standard InChI is InChI=1S/C19H22N2O2S/c1-4-23-18(22)16-10-11-17(13(2)12-16)21-19(24)20-14(3)15-8-6-5-7-9-15/h5-12,14H,4H2,1-3H3,(H2,20,21,24)/t14-/m1/s1. The number of esters is 1. The molecule has 0 amide bonds. The molecule has 2 N–H and O–H groups in total. The number of carbonyl (C=O) groups excluding carboxylic acids is 1. The Morgan fingerprint density at radius 3 is 2.54 bits per heavy atom. The van der Waals surface area contributed by atoms with Crippen molar-refractivity contribution in [2.45, 2.75) is 26.8 Å². The quantitative estimate of drug-likeness (QED) is 0.629. The number of carbonyl (C=O) groups is 1. The first-order valence-corrected chi connectivity index (χ1v) is 8.32. The molecule has 4 nitrogen and oxygen atoms in total. The van der Waals surface area contributed by atoms with E-state index in [4.69, 9.17) is 17.0 Å². The van der Waals surface area contributed by atoms with Gasteiger partial charge in [0.1, 0.15) is 0 Å². The molecule has 1 atom stereocenters. The van der Waals surface area contributed by atoms with E-state index in [1.165, 1.54) is 0 Å². The highest BCUT2D eigenvalue weighted by atomic mass is 32.1. The van der Waals surface area contributed by atoms with Gasteiger partial charge >= 0.3 is 5.97 Å². The third kappa shape index (κ3) is 4.80. The van der Waals surface area contributed by atoms with Gasteiger partial charge in [-0.05, 0) is 62.3 Å². The summed E-state index contributed by atoms with van der Waals surface area (Å²) in [5, 5.41) is 6.98. The van der Waals surface area contributed by atoms with Crippen molar-refractivity contribution in [1.29, 1.82) is 0 Å². The van der Waals surface area contributed by atoms with Gasteiger partial charge in [0, 0.05) is 5.69 Å². The minimum Gasteiger partial charge on any atom is -0.462 e. The van der Waals surface area contributed by atoms with E-state index < -0.39 is 0 Å². The van der Waals surface area contributed by atoms with Crippen molar-refractivity contribution in [3.8, 4) is 0 Å². The smallest absolute Gasteiger partial charge is 0.338 e. The molecule has 126 valence electrons. The van der Waals surface area contributed by atoms with Crippen molar-refractivity contribution in [1.82, 2.24) is 5.32 Å². The monoisotopic (exact) mass is 342 g/mol. The molecule has 0 aliphatic heterocycles. The second-order valence-corrected chi connectivity index (χ2v) is 5.89. The summed E-state index contributed by atoms with van der Waals surface area (Å²) in [6.45, 7) is 6.14. The van der Waals surface area contributed by atoms with Crippen LogP contribution in [-0.2, 0) is 4.74 Å². The van der Waals surface area contributed by atoms with Crippen LogP contribution in [0.3, 0.4) is 0 Å². The number of hydrogen-bond donors (Lipinski definition) is 2. The molecule has 24 heavy (non-hydrogen) atoms. The van der Waals surface area contributed by atoms with Crippen molar-refractivity contribution in [2.75, 3.05) is 11.9 Å². The van der Waals surface area contributed by atoms with Crippen LogP contribution in [0.25, 0.3) is 0 Å². The summed E-state index contributed by atoms with van der Waals surface area (Å²) in [6, 6.07) is 15.6. The first-order valence-electron chi connectivity index (χ1n) is 7.91. The van der Waals surface area contributed by atoms with E-state index in [9.17, 15) is 4.79 Å². The molecule has 0 aliphatic rings. The van der Waals surface area contributed by atoms with Crippen LogP contribution in [0.15, 0.2) is 48.5 Å². The Bertz CT molecular complexity index is 717. The fraction of sp³-hybridized carbons (Fsp3) is 0.263. The zero-order valence-corrected chi connectivity index (χ0v) is 14.9. The maximum absolute atomic E-state index is 11.8. The highest BCUT2D eigenvalue weighted by Crippen LogP contribution is 2.18. The topological polar surface area (TPSA) is 50.4 Å². The minimum absolute atomic E-state index is 0.102. The second kappa shape index (κ2) is 8.45. The summed E-state index contributed by atoms with van der Waals surface area (Å²) >= 11 is 5.38. The van der Waals surface area contributed by atoms with Gasteiger partial charge in [-0.15, -0.1) is 0 Å². The largest absolute Gasteiger partial charge is 0.462 e. The van der Waals surface area contributed by atoms with Crippen LogP contribution < -0.4 is 10.6 Å². The summed E-state index contributed by atoms with van der Waals surface area (Å²) in [5.74, 6) is -0.314. The number of anilines is 1. The lowest BCUT2D eigenvalue weighted by Crippen LogP contribution is -2.31. The normalized spacial score (nSPS) is 11.5. The summed E-state index contributed by atoms with van der Waals surface area (Å²) < 4.78 is 5.01. The fourth-order valence-corrected chi connectivity index (χ4v) is 2.61. The van der Waals surface area contributed by atoms with Crippen molar-refractivity contribution in [2.24, 2.45) is 0 Å². The maximum atomic E-state index is 11.8. The zero-order valence-electron chi connectivity index (χ0n) is 14.1. The van der Waals surface area contributed by atoms with Crippen molar-refractivity contribution in [3.05, 3.63) is 65.2 Å². The number of hydrogen-bond acceptors (Lipinski definition) is 3. The number of aryl methyl sites for hydroxylation is 1. The molecule has 2 aromatic rings. The van der Waals surface area contributed by atoms with Gasteiger partial charge < -0.3 is 15.4 Å². The van der Waals surface area contributed by atoms with E-state index in [0.717, 1.165) is 16.8 Å². The third-order valence-electron chi connectivity index (χ3n) is 3.63. The molecule has 5 heteroatoms. The summed E-state index contributed by atoms with van der Waals surface area (Å²) in [5.41, 5.74) is 3.49. The molecule has 0 saturated carbocycles. The van der Waals surface area contributed by atoms with Gasteiger partial charge in [0.05, 0.1) is 18.2 Å². The van der Waals surface area contributed by atoms with E-state index >= 15 is 0 Å². The van der Waals surface area contributed by atoms with Crippen molar-refractivity contribution >= 4 is 29.0 Å². The Morgan fingerprint density at radius 2 is 1.92 bits per heavy atom. The molecule has 0 spiro atoms. The molecule has 2 rings (SSSR count). The summed E-state index contributed by atoms with van der Waals surface area (Å²) in [7, 11) is 0. The van der Waals surface area contributed by atoms with Crippen LogP contribution in [0.1, 0.15) is 41.4 Å². The Morgan fingerprint density at radius 1 is 1.21 bits per heavy atom. The third-order valence-corrected chi connectivity index (χ3v) is 3.85. The van der Waals surface area contributed by atoms with Gasteiger partial charge in [0.2, 0.25) is 0 Å².